The van der Waals surface area contributed by atoms with Crippen molar-refractivity contribution in [3.8, 4) is 0 Å². The van der Waals surface area contributed by atoms with E-state index in [1.54, 1.807) is 0 Å². The molecule has 2 heterocycles. The molecular formula is C14H25NO10. The van der Waals surface area contributed by atoms with E-state index in [4.69, 9.17) is 9.47 Å². The molecule has 0 aromatic rings. The molecule has 0 spiro atoms. The number of hydrogen-bond donors (Lipinski definition) is 8. The Hall–Kier alpha value is -0.890. The van der Waals surface area contributed by atoms with Crippen LogP contribution in [0.25, 0.3) is 0 Å². The lowest BCUT2D eigenvalue weighted by molar-refractivity contribution is -0.383. The number of nitrogens with one attached hydrogen (secondary N) is 1. The van der Waals surface area contributed by atoms with Gasteiger partial charge in [0.2, 0.25) is 11.7 Å². The first-order chi connectivity index (χ1) is 11.5. The summed E-state index contributed by atoms with van der Waals surface area (Å²) >= 11 is 0. The van der Waals surface area contributed by atoms with Crippen LogP contribution in [0.3, 0.4) is 0 Å². The van der Waals surface area contributed by atoms with Crippen LogP contribution in [0.15, 0.2) is 0 Å². The van der Waals surface area contributed by atoms with Crippen molar-refractivity contribution in [1.82, 2.24) is 5.32 Å². The van der Waals surface area contributed by atoms with Crippen LogP contribution in [0.5, 0.6) is 0 Å². The van der Waals surface area contributed by atoms with Crippen molar-refractivity contribution in [3.05, 3.63) is 0 Å². The van der Waals surface area contributed by atoms with E-state index in [-0.39, 0.29) is 0 Å². The van der Waals surface area contributed by atoms with Crippen molar-refractivity contribution < 1.29 is 50.0 Å². The molecule has 8 N–H and O–H groups in total. The van der Waals surface area contributed by atoms with Crippen LogP contribution < -0.4 is 5.32 Å². The van der Waals surface area contributed by atoms with Crippen LogP contribution in [0, 0.1) is 0 Å². The second-order valence-corrected chi connectivity index (χ2v) is 6.48. The van der Waals surface area contributed by atoms with E-state index in [0.717, 1.165) is 6.92 Å². The maximum atomic E-state index is 11.4. The van der Waals surface area contributed by atoms with Crippen LogP contribution in [0.1, 0.15) is 13.8 Å². The smallest absolute Gasteiger partial charge is 0.219 e. The first-order valence-corrected chi connectivity index (χ1v) is 7.88. The van der Waals surface area contributed by atoms with Crippen LogP contribution in [-0.4, -0.2) is 109 Å². The minimum Gasteiger partial charge on any atom is -0.394 e. The maximum absolute atomic E-state index is 11.4. The van der Waals surface area contributed by atoms with Gasteiger partial charge in [0.15, 0.2) is 0 Å². The molecule has 0 aromatic heterocycles. The summed E-state index contributed by atoms with van der Waals surface area (Å²) in [5, 5.41) is 72.7. The van der Waals surface area contributed by atoms with Crippen molar-refractivity contribution in [2.75, 3.05) is 6.61 Å². The zero-order chi connectivity index (χ0) is 19.1. The quantitative estimate of drug-likeness (QED) is 0.240. The Morgan fingerprint density at radius 2 is 1.64 bits per heavy atom. The zero-order valence-electron chi connectivity index (χ0n) is 13.8. The van der Waals surface area contributed by atoms with E-state index in [1.165, 1.54) is 6.92 Å². The van der Waals surface area contributed by atoms with Gasteiger partial charge in [0, 0.05) is 6.92 Å². The molecule has 25 heavy (non-hydrogen) atoms. The van der Waals surface area contributed by atoms with Gasteiger partial charge in [0.05, 0.1) is 12.7 Å². The second-order valence-electron chi connectivity index (χ2n) is 6.48. The summed E-state index contributed by atoms with van der Waals surface area (Å²) < 4.78 is 10.6. The van der Waals surface area contributed by atoms with Crippen molar-refractivity contribution >= 4 is 5.91 Å². The summed E-state index contributed by atoms with van der Waals surface area (Å²) in [6.07, 6.45) is -12.6. The number of ether oxygens (including phenoxy) is 2. The first kappa shape index (κ1) is 20.4. The molecule has 2 rings (SSSR count). The third-order valence-electron chi connectivity index (χ3n) is 4.66. The molecule has 0 aliphatic carbocycles. The lowest BCUT2D eigenvalue weighted by Crippen LogP contribution is -2.77. The first-order valence-electron chi connectivity index (χ1n) is 7.88. The summed E-state index contributed by atoms with van der Waals surface area (Å²) in [7, 11) is 0. The standard InChI is InChI=1S/C14H25NO10/c1-4-7(18)9(20)11(22)13(24-4)14(23)12(15-5(2)17)10(21)8(19)6(3-16)25-14/h4,6-13,16,18-23H,3H2,1-2H3,(H,15,17)/t4-,6+,7-,8+,9+,10-,11+,12+,13?,14?/m0/s1. The van der Waals surface area contributed by atoms with Gasteiger partial charge in [-0.25, -0.2) is 0 Å². The molecule has 10 atom stereocenters. The SMILES string of the molecule is CC(=O)N[C@@H]1[C@@H](O)[C@H](O)[C@@H](CO)OC1(O)C1O[C@@H](C)[C@H](O)[C@@H](O)[C@H]1O. The molecule has 1 amide bonds. The van der Waals surface area contributed by atoms with E-state index in [0.29, 0.717) is 0 Å². The fraction of sp³-hybridized carbons (Fsp3) is 0.929. The van der Waals surface area contributed by atoms with Crippen molar-refractivity contribution in [3.63, 3.8) is 0 Å². The summed E-state index contributed by atoms with van der Waals surface area (Å²) in [5.74, 6) is -3.29. The number of carbonyl (C=O) groups is 1. The van der Waals surface area contributed by atoms with E-state index in [1.807, 2.05) is 0 Å². The monoisotopic (exact) mass is 367 g/mol. The average Bonchev–Trinajstić information content (AvgIpc) is 2.56. The molecule has 2 saturated heterocycles. The Kier molecular flexibility index (Phi) is 6.03. The normalized spacial score (nSPS) is 51.2. The third-order valence-corrected chi connectivity index (χ3v) is 4.66. The molecule has 0 bridgehead atoms. The van der Waals surface area contributed by atoms with Crippen LogP contribution in [0.4, 0.5) is 0 Å². The van der Waals surface area contributed by atoms with Gasteiger partial charge in [-0.3, -0.25) is 4.79 Å². The predicted molar refractivity (Wildman–Crippen MR) is 78.9 cm³/mol. The molecular weight excluding hydrogens is 342 g/mol. The minimum absolute atomic E-state index is 0.681. The van der Waals surface area contributed by atoms with Gasteiger partial charge in [0.1, 0.15) is 48.8 Å². The van der Waals surface area contributed by atoms with Gasteiger partial charge in [-0.1, -0.05) is 0 Å². The maximum Gasteiger partial charge on any atom is 0.219 e. The van der Waals surface area contributed by atoms with Crippen molar-refractivity contribution in [1.29, 1.82) is 0 Å². The van der Waals surface area contributed by atoms with E-state index >= 15 is 0 Å². The van der Waals surface area contributed by atoms with Crippen molar-refractivity contribution in [2.24, 2.45) is 0 Å². The van der Waals surface area contributed by atoms with E-state index in [9.17, 15) is 40.5 Å². The average molecular weight is 367 g/mol. The molecule has 0 saturated carbocycles. The molecule has 2 aliphatic rings. The molecule has 2 fully saturated rings. The summed E-state index contributed by atoms with van der Waals surface area (Å²) in [4.78, 5) is 11.4. The third kappa shape index (κ3) is 3.52. The van der Waals surface area contributed by atoms with Gasteiger partial charge in [-0.15, -0.1) is 0 Å². The molecule has 11 heteroatoms. The molecule has 2 unspecified atom stereocenters. The van der Waals surface area contributed by atoms with Gasteiger partial charge in [-0.2, -0.15) is 0 Å². The topological polar surface area (TPSA) is 189 Å². The lowest BCUT2D eigenvalue weighted by Gasteiger charge is -2.53. The highest BCUT2D eigenvalue weighted by molar-refractivity contribution is 5.73. The zero-order valence-corrected chi connectivity index (χ0v) is 13.8. The Labute approximate surface area is 143 Å². The summed E-state index contributed by atoms with van der Waals surface area (Å²) in [6.45, 7) is 1.69. The molecule has 0 radical (unpaired) electrons. The van der Waals surface area contributed by atoms with Crippen LogP contribution >= 0.6 is 0 Å². The summed E-state index contributed by atoms with van der Waals surface area (Å²) in [5.41, 5.74) is 0. The Morgan fingerprint density at radius 3 is 2.16 bits per heavy atom. The van der Waals surface area contributed by atoms with Crippen LogP contribution in [-0.2, 0) is 14.3 Å². The number of aliphatic hydroxyl groups is 7. The Morgan fingerprint density at radius 1 is 1.04 bits per heavy atom. The highest BCUT2D eigenvalue weighted by Gasteiger charge is 2.62. The number of aliphatic hydroxyl groups excluding tert-OH is 6. The van der Waals surface area contributed by atoms with Crippen molar-refractivity contribution in [2.45, 2.75) is 74.5 Å². The molecule has 2 aliphatic heterocycles. The fourth-order valence-corrected chi connectivity index (χ4v) is 3.24. The molecule has 146 valence electrons. The fourth-order valence-electron chi connectivity index (χ4n) is 3.24. The van der Waals surface area contributed by atoms with E-state index in [2.05, 4.69) is 5.32 Å². The number of rotatable bonds is 3. The molecule has 0 aromatic carbocycles. The highest BCUT2D eigenvalue weighted by Crippen LogP contribution is 2.37. The second kappa shape index (κ2) is 7.39. The van der Waals surface area contributed by atoms with Gasteiger partial charge >= 0.3 is 0 Å². The number of hydrogen-bond acceptors (Lipinski definition) is 10. The summed E-state index contributed by atoms with van der Waals surface area (Å²) in [6, 6.07) is -1.64. The van der Waals surface area contributed by atoms with Gasteiger partial charge < -0.3 is 50.5 Å². The number of carbonyl (C=O) groups excluding carboxylic acids is 1. The number of amides is 1. The Bertz CT molecular complexity index is 492. The van der Waals surface area contributed by atoms with Gasteiger partial charge in [0.25, 0.3) is 0 Å². The van der Waals surface area contributed by atoms with E-state index < -0.39 is 73.2 Å². The highest BCUT2D eigenvalue weighted by atomic mass is 16.7. The predicted octanol–water partition coefficient (Wildman–Crippen LogP) is -4.84. The van der Waals surface area contributed by atoms with Crippen LogP contribution in [0.2, 0.25) is 0 Å². The minimum atomic E-state index is -2.60. The largest absolute Gasteiger partial charge is 0.394 e. The van der Waals surface area contributed by atoms with Gasteiger partial charge in [-0.05, 0) is 6.92 Å². The molecule has 11 nitrogen and oxygen atoms in total. The Balaban J connectivity index is 2.42. The lowest BCUT2D eigenvalue weighted by atomic mass is 9.82.